The van der Waals surface area contributed by atoms with Crippen molar-refractivity contribution in [3.63, 3.8) is 0 Å². The zero-order valence-corrected chi connectivity index (χ0v) is 10.6. The van der Waals surface area contributed by atoms with Crippen molar-refractivity contribution in [2.75, 3.05) is 6.54 Å². The topological polar surface area (TPSA) is 58.5 Å². The number of aromatic amines is 1. The summed E-state index contributed by atoms with van der Waals surface area (Å²) in [5.74, 6) is 0. The SMILES string of the molecule is Cc1nn(C)cc1C(C)NCCc1cnc[nH]1. The summed E-state index contributed by atoms with van der Waals surface area (Å²) >= 11 is 0. The maximum absolute atomic E-state index is 4.35. The Morgan fingerprint density at radius 2 is 2.35 bits per heavy atom. The number of nitrogens with zero attached hydrogens (tertiary/aromatic N) is 3. The molecule has 0 aliphatic rings. The molecule has 2 N–H and O–H groups in total. The van der Waals surface area contributed by atoms with Gasteiger partial charge >= 0.3 is 0 Å². The molecule has 0 saturated carbocycles. The largest absolute Gasteiger partial charge is 0.348 e. The predicted octanol–water partition coefficient (Wildman–Crippen LogP) is 1.34. The van der Waals surface area contributed by atoms with Crippen LogP contribution in [0.4, 0.5) is 0 Å². The summed E-state index contributed by atoms with van der Waals surface area (Å²) < 4.78 is 1.86. The molecule has 2 aromatic rings. The van der Waals surface area contributed by atoms with Crippen LogP contribution in [0.3, 0.4) is 0 Å². The zero-order valence-electron chi connectivity index (χ0n) is 10.6. The molecule has 0 spiro atoms. The first kappa shape index (κ1) is 11.9. The van der Waals surface area contributed by atoms with E-state index < -0.39 is 0 Å². The fourth-order valence-electron chi connectivity index (χ4n) is 2.00. The highest BCUT2D eigenvalue weighted by molar-refractivity contribution is 5.19. The Bertz CT molecular complexity index is 457. The van der Waals surface area contributed by atoms with Crippen molar-refractivity contribution >= 4 is 0 Å². The Kier molecular flexibility index (Phi) is 3.58. The van der Waals surface area contributed by atoms with Crippen LogP contribution < -0.4 is 5.32 Å². The molecule has 1 unspecified atom stereocenters. The summed E-state index contributed by atoms with van der Waals surface area (Å²) in [6.07, 6.45) is 6.61. The molecule has 0 fully saturated rings. The second kappa shape index (κ2) is 5.14. The molecule has 0 bridgehead atoms. The molecule has 5 nitrogen and oxygen atoms in total. The van der Waals surface area contributed by atoms with Crippen LogP contribution in [0.2, 0.25) is 0 Å². The van der Waals surface area contributed by atoms with Crippen LogP contribution in [0.25, 0.3) is 0 Å². The van der Waals surface area contributed by atoms with Crippen LogP contribution in [0, 0.1) is 6.92 Å². The summed E-state index contributed by atoms with van der Waals surface area (Å²) in [6, 6.07) is 0.326. The molecule has 5 heteroatoms. The van der Waals surface area contributed by atoms with E-state index in [0.717, 1.165) is 24.4 Å². The number of hydrogen-bond donors (Lipinski definition) is 2. The third-order valence-corrected chi connectivity index (χ3v) is 2.92. The van der Waals surface area contributed by atoms with E-state index in [0.29, 0.717) is 6.04 Å². The van der Waals surface area contributed by atoms with E-state index in [1.807, 2.05) is 24.9 Å². The van der Waals surface area contributed by atoms with E-state index in [4.69, 9.17) is 0 Å². The average Bonchev–Trinajstić information content (AvgIpc) is 2.88. The lowest BCUT2D eigenvalue weighted by atomic mass is 10.1. The minimum atomic E-state index is 0.326. The number of aryl methyl sites for hydroxylation is 2. The van der Waals surface area contributed by atoms with Gasteiger partial charge in [0.2, 0.25) is 0 Å². The molecule has 2 heterocycles. The standard InChI is InChI=1S/C12H19N5/c1-9(12-7-17(3)16-10(12)2)14-5-4-11-6-13-8-15-11/h6-9,14H,4-5H2,1-3H3,(H,13,15). The van der Waals surface area contributed by atoms with E-state index in [9.17, 15) is 0 Å². The van der Waals surface area contributed by atoms with Gasteiger partial charge in [-0.25, -0.2) is 4.98 Å². The van der Waals surface area contributed by atoms with Crippen molar-refractivity contribution < 1.29 is 0 Å². The first-order chi connectivity index (χ1) is 8.16. The van der Waals surface area contributed by atoms with Gasteiger partial charge in [0.05, 0.1) is 12.0 Å². The summed E-state index contributed by atoms with van der Waals surface area (Å²) in [6.45, 7) is 5.14. The third-order valence-electron chi connectivity index (χ3n) is 2.92. The van der Waals surface area contributed by atoms with E-state index >= 15 is 0 Å². The first-order valence-corrected chi connectivity index (χ1v) is 5.87. The van der Waals surface area contributed by atoms with E-state index in [1.165, 1.54) is 5.56 Å². The van der Waals surface area contributed by atoms with Crippen LogP contribution in [-0.4, -0.2) is 26.3 Å². The third kappa shape index (κ3) is 2.94. The van der Waals surface area contributed by atoms with Crippen molar-refractivity contribution in [3.05, 3.63) is 35.7 Å². The molecule has 17 heavy (non-hydrogen) atoms. The van der Waals surface area contributed by atoms with Gasteiger partial charge in [0.15, 0.2) is 0 Å². The summed E-state index contributed by atoms with van der Waals surface area (Å²) in [4.78, 5) is 7.10. The molecule has 1 atom stereocenters. The van der Waals surface area contributed by atoms with Crippen LogP contribution in [0.5, 0.6) is 0 Å². The van der Waals surface area contributed by atoms with Crippen LogP contribution in [-0.2, 0) is 13.5 Å². The van der Waals surface area contributed by atoms with Gasteiger partial charge in [0.1, 0.15) is 0 Å². The molecular formula is C12H19N5. The zero-order chi connectivity index (χ0) is 12.3. The lowest BCUT2D eigenvalue weighted by Crippen LogP contribution is -2.21. The van der Waals surface area contributed by atoms with Gasteiger partial charge in [-0.2, -0.15) is 5.10 Å². The van der Waals surface area contributed by atoms with E-state index in [1.54, 1.807) is 6.33 Å². The van der Waals surface area contributed by atoms with Crippen LogP contribution in [0.1, 0.15) is 29.9 Å². The van der Waals surface area contributed by atoms with Crippen LogP contribution in [0.15, 0.2) is 18.7 Å². The van der Waals surface area contributed by atoms with Crippen molar-refractivity contribution in [3.8, 4) is 0 Å². The highest BCUT2D eigenvalue weighted by Gasteiger charge is 2.10. The normalized spacial score (nSPS) is 12.9. The maximum Gasteiger partial charge on any atom is 0.0921 e. The quantitative estimate of drug-likeness (QED) is 0.819. The van der Waals surface area contributed by atoms with E-state index in [-0.39, 0.29) is 0 Å². The lowest BCUT2D eigenvalue weighted by molar-refractivity contribution is 0.572. The number of aromatic nitrogens is 4. The van der Waals surface area contributed by atoms with Crippen molar-refractivity contribution in [2.24, 2.45) is 7.05 Å². The van der Waals surface area contributed by atoms with Gasteiger partial charge in [-0.1, -0.05) is 0 Å². The molecule has 0 saturated heterocycles. The number of rotatable bonds is 5. The molecule has 0 amide bonds. The second-order valence-corrected chi connectivity index (χ2v) is 4.35. The summed E-state index contributed by atoms with van der Waals surface area (Å²) in [7, 11) is 1.95. The Morgan fingerprint density at radius 3 is 2.94 bits per heavy atom. The molecule has 0 aliphatic carbocycles. The monoisotopic (exact) mass is 233 g/mol. The van der Waals surface area contributed by atoms with Crippen LogP contribution >= 0.6 is 0 Å². The minimum absolute atomic E-state index is 0.326. The maximum atomic E-state index is 4.35. The molecule has 0 radical (unpaired) electrons. The van der Waals surface area contributed by atoms with E-state index in [2.05, 4.69) is 33.5 Å². The van der Waals surface area contributed by atoms with Gasteiger partial charge in [-0.05, 0) is 13.8 Å². The Labute approximate surface area is 101 Å². The number of H-pyrrole nitrogens is 1. The van der Waals surface area contributed by atoms with Crippen molar-refractivity contribution in [1.82, 2.24) is 25.1 Å². The predicted molar refractivity (Wildman–Crippen MR) is 66.7 cm³/mol. The number of nitrogens with one attached hydrogen (secondary N) is 2. The smallest absolute Gasteiger partial charge is 0.0921 e. The molecule has 2 aromatic heterocycles. The molecular weight excluding hydrogens is 214 g/mol. The van der Waals surface area contributed by atoms with Gasteiger partial charge in [-0.3, -0.25) is 4.68 Å². The molecule has 2 rings (SSSR count). The average molecular weight is 233 g/mol. The first-order valence-electron chi connectivity index (χ1n) is 5.87. The fraction of sp³-hybridized carbons (Fsp3) is 0.500. The highest BCUT2D eigenvalue weighted by atomic mass is 15.3. The van der Waals surface area contributed by atoms with Crippen molar-refractivity contribution in [2.45, 2.75) is 26.3 Å². The Hall–Kier alpha value is -1.62. The fourth-order valence-corrected chi connectivity index (χ4v) is 2.00. The molecule has 0 aromatic carbocycles. The molecule has 0 aliphatic heterocycles. The Morgan fingerprint density at radius 1 is 1.53 bits per heavy atom. The second-order valence-electron chi connectivity index (χ2n) is 4.35. The summed E-state index contributed by atoms with van der Waals surface area (Å²) in [5, 5.41) is 7.84. The highest BCUT2D eigenvalue weighted by Crippen LogP contribution is 2.15. The van der Waals surface area contributed by atoms with Gasteiger partial charge < -0.3 is 10.3 Å². The molecule has 92 valence electrons. The Balaban J connectivity index is 1.85. The van der Waals surface area contributed by atoms with Crippen molar-refractivity contribution in [1.29, 1.82) is 0 Å². The summed E-state index contributed by atoms with van der Waals surface area (Å²) in [5.41, 5.74) is 3.51. The van der Waals surface area contributed by atoms with Gasteiger partial charge in [0, 0.05) is 49.7 Å². The van der Waals surface area contributed by atoms with Gasteiger partial charge in [-0.15, -0.1) is 0 Å². The number of hydrogen-bond acceptors (Lipinski definition) is 3. The lowest BCUT2D eigenvalue weighted by Gasteiger charge is -2.12. The minimum Gasteiger partial charge on any atom is -0.348 e. The van der Waals surface area contributed by atoms with Gasteiger partial charge in [0.25, 0.3) is 0 Å². The number of imidazole rings is 1.